The molecule has 0 radical (unpaired) electrons. The van der Waals surface area contributed by atoms with Gasteiger partial charge < -0.3 is 25.4 Å². The molecule has 0 aliphatic carbocycles. The molecule has 0 aliphatic rings. The average molecular weight is 492 g/mol. The van der Waals surface area contributed by atoms with Crippen molar-refractivity contribution in [3.05, 3.63) is 35.4 Å². The average Bonchev–Trinajstić information content (AvgIpc) is 2.74. The van der Waals surface area contributed by atoms with E-state index in [1.807, 2.05) is 65.8 Å². The van der Waals surface area contributed by atoms with Gasteiger partial charge in [-0.05, 0) is 72.4 Å². The maximum atomic E-state index is 13.9. The minimum absolute atomic E-state index is 0.0748. The van der Waals surface area contributed by atoms with E-state index < -0.39 is 41.8 Å². The first kappa shape index (κ1) is 30.4. The molecule has 35 heavy (non-hydrogen) atoms. The molecule has 0 bridgehead atoms. The van der Waals surface area contributed by atoms with Crippen LogP contribution in [0, 0.1) is 6.92 Å². The summed E-state index contributed by atoms with van der Waals surface area (Å²) >= 11 is 0. The molecular weight excluding hydrogens is 446 g/mol. The summed E-state index contributed by atoms with van der Waals surface area (Å²) in [6, 6.07) is 5.15. The Morgan fingerprint density at radius 1 is 1.06 bits per heavy atom. The summed E-state index contributed by atoms with van der Waals surface area (Å²) in [5.74, 6) is -0.860. The van der Waals surface area contributed by atoms with Gasteiger partial charge in [-0.3, -0.25) is 9.59 Å². The van der Waals surface area contributed by atoms with Crippen LogP contribution >= 0.6 is 0 Å². The molecule has 8 heteroatoms. The molecule has 0 spiro atoms. The number of nitrogens with zero attached hydrogens (tertiary/aromatic N) is 1. The van der Waals surface area contributed by atoms with Crippen LogP contribution in [0.5, 0.6) is 0 Å². The molecule has 0 aromatic heterocycles. The van der Waals surface area contributed by atoms with Crippen molar-refractivity contribution in [2.75, 3.05) is 6.61 Å². The van der Waals surface area contributed by atoms with Gasteiger partial charge in [0.1, 0.15) is 17.7 Å². The largest absolute Gasteiger partial charge is 0.444 e. The highest BCUT2D eigenvalue weighted by Crippen LogP contribution is 2.33. The number of hydrogen-bond donors (Lipinski definition) is 3. The summed E-state index contributed by atoms with van der Waals surface area (Å²) in [4.78, 5) is 41.6. The van der Waals surface area contributed by atoms with Crippen LogP contribution in [0.3, 0.4) is 0 Å². The standard InChI is InChI=1S/C27H45N3O5/c1-10-14-19(4)28-23(32)22(20-16-13-12-15-18(20)3)30(27(8,9)11-2)24(33)21(17-31)29-25(34)35-26(5,6)7/h12-13,15-16,19,21-22,31H,10-11,14,17H2,1-9H3,(H,28,32)(H,29,34). The molecule has 0 heterocycles. The normalized spacial score (nSPS) is 14.5. The lowest BCUT2D eigenvalue weighted by Crippen LogP contribution is -2.60. The van der Waals surface area contributed by atoms with E-state index in [1.54, 1.807) is 20.8 Å². The Kier molecular flexibility index (Phi) is 11.2. The van der Waals surface area contributed by atoms with Crippen molar-refractivity contribution in [3.63, 3.8) is 0 Å². The lowest BCUT2D eigenvalue weighted by Gasteiger charge is -2.45. The van der Waals surface area contributed by atoms with Crippen molar-refractivity contribution in [1.82, 2.24) is 15.5 Å². The Morgan fingerprint density at radius 2 is 1.66 bits per heavy atom. The van der Waals surface area contributed by atoms with Crippen LogP contribution in [0.4, 0.5) is 4.79 Å². The van der Waals surface area contributed by atoms with Crippen LogP contribution in [0.15, 0.2) is 24.3 Å². The first-order chi connectivity index (χ1) is 16.2. The molecule has 0 saturated heterocycles. The van der Waals surface area contributed by atoms with Crippen LogP contribution < -0.4 is 10.6 Å². The van der Waals surface area contributed by atoms with Gasteiger partial charge in [0.15, 0.2) is 0 Å². The van der Waals surface area contributed by atoms with Crippen LogP contribution in [0.2, 0.25) is 0 Å². The summed E-state index contributed by atoms with van der Waals surface area (Å²) in [7, 11) is 0. The highest BCUT2D eigenvalue weighted by atomic mass is 16.6. The smallest absolute Gasteiger partial charge is 0.408 e. The Hall–Kier alpha value is -2.61. The van der Waals surface area contributed by atoms with E-state index in [0.717, 1.165) is 18.4 Å². The van der Waals surface area contributed by atoms with Crippen molar-refractivity contribution in [1.29, 1.82) is 0 Å². The SMILES string of the molecule is CCCC(C)NC(=O)C(c1ccccc1C)N(C(=O)C(CO)NC(=O)OC(C)(C)C)C(C)(C)CC. The number of hydrogen-bond acceptors (Lipinski definition) is 5. The fraction of sp³-hybridized carbons (Fsp3) is 0.667. The fourth-order valence-corrected chi connectivity index (χ4v) is 3.87. The van der Waals surface area contributed by atoms with E-state index in [4.69, 9.17) is 4.74 Å². The molecule has 3 atom stereocenters. The molecular formula is C27H45N3O5. The van der Waals surface area contributed by atoms with Crippen molar-refractivity contribution in [2.45, 2.75) is 111 Å². The van der Waals surface area contributed by atoms with Gasteiger partial charge in [-0.25, -0.2) is 4.79 Å². The van der Waals surface area contributed by atoms with Gasteiger partial charge in [0.25, 0.3) is 0 Å². The third kappa shape index (κ3) is 8.84. The van der Waals surface area contributed by atoms with E-state index in [9.17, 15) is 19.5 Å². The first-order valence-electron chi connectivity index (χ1n) is 12.5. The second kappa shape index (κ2) is 12.9. The molecule has 8 nitrogen and oxygen atoms in total. The van der Waals surface area contributed by atoms with Crippen LogP contribution in [0.1, 0.15) is 91.8 Å². The highest BCUT2D eigenvalue weighted by Gasteiger charge is 2.43. The Morgan fingerprint density at radius 3 is 2.14 bits per heavy atom. The lowest BCUT2D eigenvalue weighted by atomic mass is 9.90. The van der Waals surface area contributed by atoms with Gasteiger partial charge in [-0.15, -0.1) is 0 Å². The van der Waals surface area contributed by atoms with Crippen molar-refractivity contribution >= 4 is 17.9 Å². The molecule has 3 N–H and O–H groups in total. The van der Waals surface area contributed by atoms with E-state index >= 15 is 0 Å². The van der Waals surface area contributed by atoms with Crippen molar-refractivity contribution in [2.24, 2.45) is 0 Å². The van der Waals surface area contributed by atoms with E-state index in [-0.39, 0.29) is 11.9 Å². The zero-order valence-electron chi connectivity index (χ0n) is 22.9. The molecule has 1 aromatic rings. The number of carbonyl (C=O) groups excluding carboxylic acids is 3. The number of nitrogens with one attached hydrogen (secondary N) is 2. The second-order valence-corrected chi connectivity index (χ2v) is 10.7. The number of ether oxygens (including phenoxy) is 1. The molecule has 3 unspecified atom stereocenters. The number of alkyl carbamates (subject to hydrolysis) is 1. The zero-order valence-corrected chi connectivity index (χ0v) is 22.9. The first-order valence-corrected chi connectivity index (χ1v) is 12.5. The molecule has 1 rings (SSSR count). The Bertz CT molecular complexity index is 863. The summed E-state index contributed by atoms with van der Waals surface area (Å²) < 4.78 is 5.29. The predicted octanol–water partition coefficient (Wildman–Crippen LogP) is 4.24. The number of amides is 3. The topological polar surface area (TPSA) is 108 Å². The van der Waals surface area contributed by atoms with Gasteiger partial charge >= 0.3 is 6.09 Å². The third-order valence-corrected chi connectivity index (χ3v) is 6.03. The van der Waals surface area contributed by atoms with Crippen LogP contribution in [-0.2, 0) is 14.3 Å². The van der Waals surface area contributed by atoms with E-state index in [2.05, 4.69) is 10.6 Å². The number of carbonyl (C=O) groups is 3. The zero-order chi connectivity index (χ0) is 27.0. The van der Waals surface area contributed by atoms with E-state index in [0.29, 0.717) is 12.0 Å². The third-order valence-electron chi connectivity index (χ3n) is 6.03. The van der Waals surface area contributed by atoms with Crippen LogP contribution in [-0.4, -0.2) is 57.7 Å². The van der Waals surface area contributed by atoms with E-state index in [1.165, 1.54) is 4.90 Å². The second-order valence-electron chi connectivity index (χ2n) is 10.7. The number of aliphatic hydroxyl groups excluding tert-OH is 1. The molecule has 1 aromatic carbocycles. The molecule has 3 amide bonds. The van der Waals surface area contributed by atoms with Gasteiger partial charge in [-0.2, -0.15) is 0 Å². The highest BCUT2D eigenvalue weighted by molar-refractivity contribution is 5.93. The minimum Gasteiger partial charge on any atom is -0.444 e. The summed E-state index contributed by atoms with van der Waals surface area (Å²) in [6.45, 7) is 16.1. The maximum absolute atomic E-state index is 13.9. The Labute approximate surface area is 210 Å². The minimum atomic E-state index is -1.27. The number of aryl methyl sites for hydroxylation is 1. The predicted molar refractivity (Wildman–Crippen MR) is 138 cm³/mol. The monoisotopic (exact) mass is 491 g/mol. The van der Waals surface area contributed by atoms with Gasteiger partial charge in [-0.1, -0.05) is 44.5 Å². The van der Waals surface area contributed by atoms with Gasteiger partial charge in [0.2, 0.25) is 11.8 Å². The number of aliphatic hydroxyl groups is 1. The summed E-state index contributed by atoms with van der Waals surface area (Å²) in [5.41, 5.74) is 0.0195. The summed E-state index contributed by atoms with van der Waals surface area (Å²) in [5, 5.41) is 15.6. The molecule has 198 valence electrons. The lowest BCUT2D eigenvalue weighted by molar-refractivity contribution is -0.150. The molecule has 0 saturated carbocycles. The van der Waals surface area contributed by atoms with Gasteiger partial charge in [0, 0.05) is 11.6 Å². The quantitative estimate of drug-likeness (QED) is 0.429. The van der Waals surface area contributed by atoms with Gasteiger partial charge in [0.05, 0.1) is 6.61 Å². The van der Waals surface area contributed by atoms with Crippen molar-refractivity contribution in [3.8, 4) is 0 Å². The van der Waals surface area contributed by atoms with Crippen molar-refractivity contribution < 1.29 is 24.2 Å². The number of rotatable bonds is 11. The molecule has 0 fully saturated rings. The number of benzene rings is 1. The maximum Gasteiger partial charge on any atom is 0.408 e. The molecule has 0 aliphatic heterocycles. The summed E-state index contributed by atoms with van der Waals surface area (Å²) in [6.07, 6.45) is 1.44. The Balaban J connectivity index is 3.56. The fourth-order valence-electron chi connectivity index (χ4n) is 3.87. The van der Waals surface area contributed by atoms with Crippen LogP contribution in [0.25, 0.3) is 0 Å².